The Hall–Kier alpha value is -1.21. The standard InChI is InChI=1S/C18H22Cl2N2O3S/c1-12-7-14(11-18(2,10-12)22-5-3-4-6-22)21-26(24,25)16-9-13(19)8-15(20)17(16)23/h7-10,21,23H,3-6,11H2,1-2H3. The molecule has 0 spiro atoms. The largest absolute Gasteiger partial charge is 0.505 e. The van der Waals surface area contributed by atoms with Gasteiger partial charge in [0.15, 0.2) is 5.75 Å². The molecule has 1 unspecified atom stereocenters. The van der Waals surface area contributed by atoms with Crippen molar-refractivity contribution in [3.63, 3.8) is 0 Å². The summed E-state index contributed by atoms with van der Waals surface area (Å²) in [6.45, 7) is 6.09. The Kier molecular flexibility index (Phi) is 5.32. The monoisotopic (exact) mass is 416 g/mol. The molecule has 2 aliphatic rings. The molecule has 142 valence electrons. The lowest BCUT2D eigenvalue weighted by molar-refractivity contribution is 0.180. The molecule has 3 rings (SSSR count). The van der Waals surface area contributed by atoms with Gasteiger partial charge in [-0.3, -0.25) is 9.62 Å². The Bertz CT molecular complexity index is 890. The predicted octanol–water partition coefficient (Wildman–Crippen LogP) is 4.07. The third kappa shape index (κ3) is 3.88. The summed E-state index contributed by atoms with van der Waals surface area (Å²) in [4.78, 5) is 2.05. The molecule has 1 aliphatic heterocycles. The highest BCUT2D eigenvalue weighted by Crippen LogP contribution is 2.36. The number of nitrogens with one attached hydrogen (secondary N) is 1. The highest BCUT2D eigenvalue weighted by atomic mass is 35.5. The molecule has 0 radical (unpaired) electrons. The molecule has 1 aromatic rings. The zero-order valence-electron chi connectivity index (χ0n) is 14.7. The topological polar surface area (TPSA) is 69.6 Å². The minimum Gasteiger partial charge on any atom is -0.505 e. The van der Waals surface area contributed by atoms with Crippen molar-refractivity contribution in [3.8, 4) is 5.75 Å². The number of phenols is 1. The molecule has 2 N–H and O–H groups in total. The lowest BCUT2D eigenvalue weighted by Crippen LogP contribution is -2.46. The smallest absolute Gasteiger partial charge is 0.265 e. The molecule has 0 bridgehead atoms. The number of likely N-dealkylation sites (tertiary alicyclic amines) is 1. The SMILES string of the molecule is CC1=CC(C)(N2CCCC2)CC(NS(=O)(=O)c2cc(Cl)cc(Cl)c2O)=C1. The van der Waals surface area contributed by atoms with E-state index in [0.29, 0.717) is 12.1 Å². The molecule has 0 amide bonds. The summed E-state index contributed by atoms with van der Waals surface area (Å²) in [5, 5.41) is 10.1. The van der Waals surface area contributed by atoms with Crippen molar-refractivity contribution in [1.82, 2.24) is 9.62 Å². The van der Waals surface area contributed by atoms with Crippen LogP contribution in [-0.2, 0) is 10.0 Å². The van der Waals surface area contributed by atoms with E-state index in [2.05, 4.69) is 22.6 Å². The highest BCUT2D eigenvalue weighted by molar-refractivity contribution is 7.89. The quantitative estimate of drug-likeness (QED) is 0.775. The van der Waals surface area contributed by atoms with Crippen molar-refractivity contribution < 1.29 is 13.5 Å². The van der Waals surface area contributed by atoms with Gasteiger partial charge in [0.05, 0.1) is 5.02 Å². The maximum absolute atomic E-state index is 12.8. The van der Waals surface area contributed by atoms with E-state index in [9.17, 15) is 13.5 Å². The molecular formula is C18H22Cl2N2O3S. The maximum Gasteiger partial charge on any atom is 0.265 e. The van der Waals surface area contributed by atoms with Crippen LogP contribution in [0.15, 0.2) is 40.5 Å². The molecule has 5 nitrogen and oxygen atoms in total. The van der Waals surface area contributed by atoms with E-state index >= 15 is 0 Å². The number of halogens is 2. The van der Waals surface area contributed by atoms with E-state index in [4.69, 9.17) is 23.2 Å². The van der Waals surface area contributed by atoms with Crippen molar-refractivity contribution in [2.24, 2.45) is 0 Å². The maximum atomic E-state index is 12.8. The number of phenolic OH excluding ortho intramolecular Hbond substituents is 1. The number of sulfonamides is 1. The molecule has 26 heavy (non-hydrogen) atoms. The summed E-state index contributed by atoms with van der Waals surface area (Å²) in [6.07, 6.45) is 6.85. The number of benzene rings is 1. The zero-order valence-corrected chi connectivity index (χ0v) is 17.0. The van der Waals surface area contributed by atoms with E-state index in [-0.39, 0.29) is 20.5 Å². The summed E-state index contributed by atoms with van der Waals surface area (Å²) in [5.74, 6) is -0.505. The Morgan fingerprint density at radius 2 is 1.88 bits per heavy atom. The molecule has 8 heteroatoms. The number of allylic oxidation sites excluding steroid dienone is 2. The minimum atomic E-state index is -4.02. The first-order valence-electron chi connectivity index (χ1n) is 8.47. The van der Waals surface area contributed by atoms with Gasteiger partial charge in [-0.05, 0) is 58.0 Å². The third-order valence-corrected chi connectivity index (χ3v) is 6.79. The van der Waals surface area contributed by atoms with Crippen LogP contribution in [0.2, 0.25) is 10.0 Å². The van der Waals surface area contributed by atoms with Crippen LogP contribution in [0.5, 0.6) is 5.75 Å². The van der Waals surface area contributed by atoms with Crippen LogP contribution in [0.4, 0.5) is 0 Å². The first-order valence-corrected chi connectivity index (χ1v) is 10.7. The van der Waals surface area contributed by atoms with Crippen LogP contribution in [0, 0.1) is 0 Å². The van der Waals surface area contributed by atoms with Gasteiger partial charge in [0.2, 0.25) is 0 Å². The van der Waals surface area contributed by atoms with Crippen molar-refractivity contribution in [1.29, 1.82) is 0 Å². The van der Waals surface area contributed by atoms with Crippen molar-refractivity contribution >= 4 is 33.2 Å². The summed E-state index contributed by atoms with van der Waals surface area (Å²) in [7, 11) is -4.02. The number of rotatable bonds is 4. The van der Waals surface area contributed by atoms with E-state index in [1.54, 1.807) is 0 Å². The van der Waals surface area contributed by atoms with Crippen molar-refractivity contribution in [3.05, 3.63) is 45.6 Å². The predicted molar refractivity (Wildman–Crippen MR) is 104 cm³/mol. The minimum absolute atomic E-state index is 0.103. The Labute approximate surface area is 164 Å². The zero-order chi connectivity index (χ0) is 19.1. The number of hydrogen-bond donors (Lipinski definition) is 2. The fourth-order valence-electron chi connectivity index (χ4n) is 3.77. The average Bonchev–Trinajstić information content (AvgIpc) is 3.04. The van der Waals surface area contributed by atoms with Crippen LogP contribution >= 0.6 is 23.2 Å². The van der Waals surface area contributed by atoms with Crippen LogP contribution in [0.25, 0.3) is 0 Å². The number of hydrogen-bond acceptors (Lipinski definition) is 4. The normalized spacial score (nSPS) is 24.3. The van der Waals surface area contributed by atoms with Gasteiger partial charge < -0.3 is 5.11 Å². The molecule has 1 fully saturated rings. The van der Waals surface area contributed by atoms with E-state index < -0.39 is 15.8 Å². The summed E-state index contributed by atoms with van der Waals surface area (Å²) >= 11 is 11.8. The summed E-state index contributed by atoms with van der Waals surface area (Å²) in [6, 6.07) is 2.49. The van der Waals surface area contributed by atoms with Gasteiger partial charge in [-0.25, -0.2) is 8.42 Å². The van der Waals surface area contributed by atoms with Gasteiger partial charge in [-0.2, -0.15) is 0 Å². The lowest BCUT2D eigenvalue weighted by atomic mass is 9.87. The Morgan fingerprint density at radius 1 is 1.23 bits per heavy atom. The molecule has 1 atom stereocenters. The van der Waals surface area contributed by atoms with Gasteiger partial charge in [0.1, 0.15) is 4.90 Å². The Morgan fingerprint density at radius 3 is 2.54 bits per heavy atom. The van der Waals surface area contributed by atoms with Crippen LogP contribution < -0.4 is 4.72 Å². The summed E-state index contributed by atoms with van der Waals surface area (Å²) < 4.78 is 28.2. The molecule has 1 heterocycles. The fourth-order valence-corrected chi connectivity index (χ4v) is 5.61. The van der Waals surface area contributed by atoms with Gasteiger partial charge in [0, 0.05) is 22.7 Å². The second-order valence-corrected chi connectivity index (χ2v) is 9.62. The van der Waals surface area contributed by atoms with Crippen molar-refractivity contribution in [2.75, 3.05) is 13.1 Å². The van der Waals surface area contributed by atoms with Gasteiger partial charge >= 0.3 is 0 Å². The molecule has 1 aromatic carbocycles. The fraction of sp³-hybridized carbons (Fsp3) is 0.444. The van der Waals surface area contributed by atoms with E-state index in [1.165, 1.54) is 12.1 Å². The van der Waals surface area contributed by atoms with Gasteiger partial charge in [-0.15, -0.1) is 0 Å². The summed E-state index contributed by atoms with van der Waals surface area (Å²) in [5.41, 5.74) is 1.34. The second kappa shape index (κ2) is 7.08. The Balaban J connectivity index is 1.89. The molecule has 1 aliphatic carbocycles. The molecule has 1 saturated heterocycles. The van der Waals surface area contributed by atoms with Crippen LogP contribution in [0.1, 0.15) is 33.1 Å². The third-order valence-electron chi connectivity index (χ3n) is 4.87. The molecular weight excluding hydrogens is 395 g/mol. The van der Waals surface area contributed by atoms with E-state index in [1.807, 2.05) is 13.0 Å². The van der Waals surface area contributed by atoms with Crippen molar-refractivity contribution in [2.45, 2.75) is 43.5 Å². The van der Waals surface area contributed by atoms with Crippen LogP contribution in [0.3, 0.4) is 0 Å². The average molecular weight is 417 g/mol. The highest BCUT2D eigenvalue weighted by Gasteiger charge is 2.35. The second-order valence-electron chi connectivity index (χ2n) is 7.13. The lowest BCUT2D eigenvalue weighted by Gasteiger charge is -2.39. The van der Waals surface area contributed by atoms with Gasteiger partial charge in [-0.1, -0.05) is 34.9 Å². The van der Waals surface area contributed by atoms with E-state index in [0.717, 1.165) is 31.5 Å². The number of aromatic hydroxyl groups is 1. The van der Waals surface area contributed by atoms with Gasteiger partial charge in [0.25, 0.3) is 10.0 Å². The molecule has 0 aromatic heterocycles. The van der Waals surface area contributed by atoms with Crippen LogP contribution in [-0.4, -0.2) is 37.1 Å². The number of nitrogens with zero attached hydrogens (tertiary/aromatic N) is 1. The first-order chi connectivity index (χ1) is 12.1. The molecule has 0 saturated carbocycles. The first kappa shape index (κ1) is 19.5.